The maximum absolute atomic E-state index is 13.1. The molecule has 0 unspecified atom stereocenters. The van der Waals surface area contributed by atoms with E-state index in [0.29, 0.717) is 34.1 Å². The fourth-order valence-corrected chi connectivity index (χ4v) is 3.51. The van der Waals surface area contributed by atoms with E-state index in [4.69, 9.17) is 14.7 Å². The van der Waals surface area contributed by atoms with Gasteiger partial charge in [0.15, 0.2) is 0 Å². The summed E-state index contributed by atoms with van der Waals surface area (Å²) in [5, 5.41) is 21.6. The van der Waals surface area contributed by atoms with Crippen molar-refractivity contribution in [1.29, 1.82) is 5.26 Å². The molecule has 0 saturated heterocycles. The number of benzene rings is 2. The van der Waals surface area contributed by atoms with Gasteiger partial charge in [0.25, 0.3) is 11.8 Å². The maximum atomic E-state index is 13.1. The second kappa shape index (κ2) is 10.4. The third kappa shape index (κ3) is 6.23. The summed E-state index contributed by atoms with van der Waals surface area (Å²) < 4.78 is 11.6. The van der Waals surface area contributed by atoms with Crippen LogP contribution in [0.1, 0.15) is 35.5 Å². The molecular weight excluding hydrogens is 472 g/mol. The highest BCUT2D eigenvalue weighted by Gasteiger charge is 2.31. The average Bonchev–Trinajstić information content (AvgIpc) is 2.99. The summed E-state index contributed by atoms with van der Waals surface area (Å²) in [6, 6.07) is 15.8. The minimum Gasteiger partial charge on any atom is -0.489 e. The Balaban J connectivity index is 1.48. The van der Waals surface area contributed by atoms with Crippen LogP contribution in [0.25, 0.3) is 0 Å². The zero-order valence-electron chi connectivity index (χ0n) is 20.5. The Morgan fingerprint density at radius 1 is 1.19 bits per heavy atom. The lowest BCUT2D eigenvalue weighted by molar-refractivity contribution is -0.120. The van der Waals surface area contributed by atoms with E-state index in [9.17, 15) is 14.7 Å². The molecule has 0 spiro atoms. The molecule has 37 heavy (non-hydrogen) atoms. The molecule has 186 valence electrons. The number of aliphatic hydroxyl groups is 1. The van der Waals surface area contributed by atoms with Crippen molar-refractivity contribution in [2.45, 2.75) is 25.5 Å². The number of likely N-dealkylation sites (N-methyl/N-ethyl adjacent to an activating group) is 1. The highest BCUT2D eigenvalue weighted by atomic mass is 16.5. The molecule has 2 heterocycles. The van der Waals surface area contributed by atoms with Crippen molar-refractivity contribution in [3.63, 3.8) is 0 Å². The second-order valence-corrected chi connectivity index (χ2v) is 8.84. The first-order valence-electron chi connectivity index (χ1n) is 11.4. The number of nitrogens with zero attached hydrogens (tertiary/aromatic N) is 3. The Morgan fingerprint density at radius 3 is 2.73 bits per heavy atom. The van der Waals surface area contributed by atoms with E-state index >= 15 is 0 Å². The van der Waals surface area contributed by atoms with Crippen LogP contribution in [0.2, 0.25) is 0 Å². The standard InChI is InChI=1S/C28H24N4O5/c1-28(2,35)11-9-18-7-8-24-25(14-18)36-17-23(27(34)32(24)3)31-26(33)22-15-21(10-12-30-22)37-20-6-4-5-19(13-20)16-29/h4-8,10,12-15,23,35H,17H2,1-3H3,(H,31,33)/t23-/m1/s1. The molecular formula is C28H24N4O5. The molecule has 9 heteroatoms. The maximum Gasteiger partial charge on any atom is 0.270 e. The molecule has 9 nitrogen and oxygen atoms in total. The van der Waals surface area contributed by atoms with Gasteiger partial charge >= 0.3 is 0 Å². The number of nitrogens with one attached hydrogen (secondary N) is 1. The van der Waals surface area contributed by atoms with Crippen molar-refractivity contribution in [2.75, 3.05) is 18.6 Å². The number of pyridine rings is 1. The van der Waals surface area contributed by atoms with Crippen LogP contribution < -0.4 is 19.7 Å². The van der Waals surface area contributed by atoms with Crippen molar-refractivity contribution in [1.82, 2.24) is 10.3 Å². The number of ether oxygens (including phenoxy) is 2. The molecule has 1 aliphatic rings. The Bertz CT molecular complexity index is 1460. The van der Waals surface area contributed by atoms with Crippen molar-refractivity contribution in [2.24, 2.45) is 0 Å². The zero-order chi connectivity index (χ0) is 26.6. The van der Waals surface area contributed by atoms with Gasteiger partial charge in [-0.3, -0.25) is 14.6 Å². The summed E-state index contributed by atoms with van der Waals surface area (Å²) in [5.41, 5.74) is 0.495. The van der Waals surface area contributed by atoms with Crippen LogP contribution in [-0.4, -0.2) is 47.2 Å². The smallest absolute Gasteiger partial charge is 0.270 e. The molecule has 0 saturated carbocycles. The third-order valence-electron chi connectivity index (χ3n) is 5.34. The van der Waals surface area contributed by atoms with Gasteiger partial charge in [0.1, 0.15) is 41.2 Å². The van der Waals surface area contributed by atoms with Gasteiger partial charge in [0, 0.05) is 24.9 Å². The minimum absolute atomic E-state index is 0.0512. The van der Waals surface area contributed by atoms with Gasteiger partial charge in [-0.1, -0.05) is 17.9 Å². The van der Waals surface area contributed by atoms with Gasteiger partial charge < -0.3 is 24.8 Å². The number of amides is 2. The van der Waals surface area contributed by atoms with Crippen LogP contribution >= 0.6 is 0 Å². The predicted molar refractivity (Wildman–Crippen MR) is 135 cm³/mol. The van der Waals surface area contributed by atoms with Crippen LogP contribution in [0.5, 0.6) is 17.2 Å². The number of anilines is 1. The topological polar surface area (TPSA) is 125 Å². The number of rotatable bonds is 4. The Labute approximate surface area is 214 Å². The van der Waals surface area contributed by atoms with Crippen LogP contribution in [0.4, 0.5) is 5.69 Å². The van der Waals surface area contributed by atoms with Crippen LogP contribution in [0, 0.1) is 23.2 Å². The van der Waals surface area contributed by atoms with Crippen molar-refractivity contribution in [3.8, 4) is 35.2 Å². The third-order valence-corrected chi connectivity index (χ3v) is 5.34. The normalized spacial score (nSPS) is 14.7. The Kier molecular flexibility index (Phi) is 7.10. The summed E-state index contributed by atoms with van der Waals surface area (Å²) in [4.78, 5) is 31.5. The zero-order valence-corrected chi connectivity index (χ0v) is 20.5. The van der Waals surface area contributed by atoms with E-state index in [1.165, 1.54) is 17.2 Å². The number of nitriles is 1. The number of carbonyl (C=O) groups is 2. The molecule has 2 amide bonds. The van der Waals surface area contributed by atoms with E-state index in [0.717, 1.165) is 0 Å². The highest BCUT2D eigenvalue weighted by Crippen LogP contribution is 2.31. The second-order valence-electron chi connectivity index (χ2n) is 8.84. The highest BCUT2D eigenvalue weighted by molar-refractivity contribution is 6.03. The largest absolute Gasteiger partial charge is 0.489 e. The molecule has 1 atom stereocenters. The number of hydrogen-bond donors (Lipinski definition) is 2. The Hall–Kier alpha value is -4.86. The van der Waals surface area contributed by atoms with Crippen LogP contribution in [0.3, 0.4) is 0 Å². The van der Waals surface area contributed by atoms with Crippen molar-refractivity contribution >= 4 is 17.5 Å². The quantitative estimate of drug-likeness (QED) is 0.532. The lowest BCUT2D eigenvalue weighted by Crippen LogP contribution is -2.49. The molecule has 3 aromatic rings. The van der Waals surface area contributed by atoms with Gasteiger partial charge in [0.2, 0.25) is 0 Å². The number of fused-ring (bicyclic) bond motifs is 1. The fraction of sp³-hybridized carbons (Fsp3) is 0.214. The monoisotopic (exact) mass is 496 g/mol. The number of carbonyl (C=O) groups excluding carboxylic acids is 2. The Morgan fingerprint density at radius 2 is 1.97 bits per heavy atom. The minimum atomic E-state index is -1.15. The molecule has 4 rings (SSSR count). The summed E-state index contributed by atoms with van der Waals surface area (Å²) in [7, 11) is 1.60. The molecule has 2 aromatic carbocycles. The molecule has 0 bridgehead atoms. The van der Waals surface area contributed by atoms with E-state index in [2.05, 4.69) is 22.1 Å². The van der Waals surface area contributed by atoms with Gasteiger partial charge in [0.05, 0.1) is 17.3 Å². The van der Waals surface area contributed by atoms with E-state index in [-0.39, 0.29) is 18.2 Å². The lowest BCUT2D eigenvalue weighted by atomic mass is 10.1. The molecule has 1 aromatic heterocycles. The summed E-state index contributed by atoms with van der Waals surface area (Å²) in [5.74, 6) is 5.92. The predicted octanol–water partition coefficient (Wildman–Crippen LogP) is 3.02. The summed E-state index contributed by atoms with van der Waals surface area (Å²) in [6.07, 6.45) is 1.42. The lowest BCUT2D eigenvalue weighted by Gasteiger charge is -2.20. The van der Waals surface area contributed by atoms with E-state index in [1.807, 2.05) is 6.07 Å². The number of hydrogen-bond acceptors (Lipinski definition) is 7. The molecule has 0 fully saturated rings. The van der Waals surface area contributed by atoms with Gasteiger partial charge in [-0.2, -0.15) is 5.26 Å². The van der Waals surface area contributed by atoms with Gasteiger partial charge in [-0.15, -0.1) is 0 Å². The molecule has 0 radical (unpaired) electrons. The first-order valence-corrected chi connectivity index (χ1v) is 11.4. The van der Waals surface area contributed by atoms with Crippen LogP contribution in [-0.2, 0) is 4.79 Å². The fourth-order valence-electron chi connectivity index (χ4n) is 3.51. The van der Waals surface area contributed by atoms with Crippen LogP contribution in [0.15, 0.2) is 60.8 Å². The van der Waals surface area contributed by atoms with Gasteiger partial charge in [-0.05, 0) is 56.3 Å². The van der Waals surface area contributed by atoms with Gasteiger partial charge in [-0.25, -0.2) is 0 Å². The molecule has 1 aliphatic heterocycles. The number of aromatic nitrogens is 1. The SMILES string of the molecule is CN1C(=O)[C@H](NC(=O)c2cc(Oc3cccc(C#N)c3)ccn2)COc2cc(C#CC(C)(C)O)ccc21. The van der Waals surface area contributed by atoms with E-state index in [1.54, 1.807) is 69.4 Å². The summed E-state index contributed by atoms with van der Waals surface area (Å²) >= 11 is 0. The average molecular weight is 497 g/mol. The first-order chi connectivity index (χ1) is 17.6. The van der Waals surface area contributed by atoms with Crippen molar-refractivity contribution < 1.29 is 24.2 Å². The molecule has 0 aliphatic carbocycles. The summed E-state index contributed by atoms with van der Waals surface area (Å²) in [6.45, 7) is 3.08. The van der Waals surface area contributed by atoms with Crippen molar-refractivity contribution in [3.05, 3.63) is 77.6 Å². The molecule has 2 N–H and O–H groups in total. The first kappa shape index (κ1) is 25.2. The van der Waals surface area contributed by atoms with E-state index < -0.39 is 17.6 Å².